The molecule has 0 atom stereocenters. The van der Waals surface area contributed by atoms with Crippen LogP contribution in [0.5, 0.6) is 11.5 Å². The largest absolute Gasteiger partial charge is 0.497 e. The van der Waals surface area contributed by atoms with Gasteiger partial charge in [-0.15, -0.1) is 0 Å². The number of nitrogens with zero attached hydrogens (tertiary/aromatic N) is 1. The second-order valence-electron chi connectivity index (χ2n) is 5.60. The van der Waals surface area contributed by atoms with Crippen molar-refractivity contribution in [2.75, 3.05) is 14.2 Å². The van der Waals surface area contributed by atoms with Crippen LogP contribution in [-0.4, -0.2) is 35.4 Å². The number of rotatable bonds is 4. The van der Waals surface area contributed by atoms with Crippen LogP contribution in [-0.2, 0) is 4.79 Å². The average molecular weight is 349 g/mol. The molecule has 2 fully saturated rings. The Hall–Kier alpha value is -1.53. The number of carbonyl (C=O) groups is 1. The molecule has 4 nitrogen and oxygen atoms in total. The van der Waals surface area contributed by atoms with E-state index in [1.165, 1.54) is 24.6 Å². The first kappa shape index (κ1) is 16.3. The minimum absolute atomic E-state index is 0.0183. The van der Waals surface area contributed by atoms with E-state index in [1.54, 1.807) is 19.1 Å². The Morgan fingerprint density at radius 3 is 2.65 bits per heavy atom. The van der Waals surface area contributed by atoms with Gasteiger partial charge in [-0.3, -0.25) is 9.69 Å². The number of benzene rings is 1. The molecular formula is C17H19NO3S2. The molecule has 0 N–H and O–H groups in total. The van der Waals surface area contributed by atoms with Gasteiger partial charge in [0.15, 0.2) is 0 Å². The van der Waals surface area contributed by atoms with Crippen LogP contribution in [0.15, 0.2) is 23.1 Å². The fraction of sp³-hybridized carbons (Fsp3) is 0.412. The van der Waals surface area contributed by atoms with E-state index in [0.717, 1.165) is 24.2 Å². The molecule has 3 rings (SSSR count). The summed E-state index contributed by atoms with van der Waals surface area (Å²) in [6, 6.07) is 5.82. The predicted octanol–water partition coefficient (Wildman–Crippen LogP) is 3.85. The van der Waals surface area contributed by atoms with E-state index in [1.807, 2.05) is 24.3 Å². The van der Waals surface area contributed by atoms with E-state index < -0.39 is 0 Å². The van der Waals surface area contributed by atoms with Crippen molar-refractivity contribution in [3.8, 4) is 11.5 Å². The Labute approximate surface area is 145 Å². The first-order chi connectivity index (χ1) is 11.1. The number of carbonyl (C=O) groups excluding carboxylic acids is 1. The molecule has 0 aromatic heterocycles. The fourth-order valence-electron chi connectivity index (χ4n) is 3.04. The second kappa shape index (κ2) is 6.93. The molecule has 2 aliphatic rings. The molecule has 1 aliphatic heterocycles. The predicted molar refractivity (Wildman–Crippen MR) is 96.8 cm³/mol. The molecule has 0 bridgehead atoms. The van der Waals surface area contributed by atoms with Crippen molar-refractivity contribution in [2.45, 2.75) is 31.7 Å². The number of methoxy groups -OCH3 is 2. The van der Waals surface area contributed by atoms with E-state index in [9.17, 15) is 4.79 Å². The van der Waals surface area contributed by atoms with Crippen LogP contribution < -0.4 is 9.47 Å². The molecule has 1 aliphatic carbocycles. The van der Waals surface area contributed by atoms with Crippen LogP contribution in [0.4, 0.5) is 0 Å². The summed E-state index contributed by atoms with van der Waals surface area (Å²) >= 11 is 6.80. The average Bonchev–Trinajstić information content (AvgIpc) is 3.16. The van der Waals surface area contributed by atoms with Crippen LogP contribution in [0.25, 0.3) is 6.08 Å². The molecule has 0 spiro atoms. The third-order valence-electron chi connectivity index (χ3n) is 4.24. The molecule has 1 amide bonds. The number of thioether (sulfide) groups is 1. The third-order valence-corrected chi connectivity index (χ3v) is 5.57. The highest BCUT2D eigenvalue weighted by Crippen LogP contribution is 2.39. The van der Waals surface area contributed by atoms with Crippen molar-refractivity contribution in [1.29, 1.82) is 0 Å². The Morgan fingerprint density at radius 2 is 2.00 bits per heavy atom. The molecule has 1 saturated heterocycles. The molecule has 1 heterocycles. The molecule has 1 aromatic rings. The van der Waals surface area contributed by atoms with Crippen molar-refractivity contribution in [3.63, 3.8) is 0 Å². The van der Waals surface area contributed by atoms with E-state index in [0.29, 0.717) is 15.0 Å². The van der Waals surface area contributed by atoms with Crippen molar-refractivity contribution < 1.29 is 14.3 Å². The van der Waals surface area contributed by atoms with Crippen molar-refractivity contribution >= 4 is 40.3 Å². The summed E-state index contributed by atoms with van der Waals surface area (Å²) in [5, 5.41) is 0. The Kier molecular flexibility index (Phi) is 4.92. The fourth-order valence-corrected chi connectivity index (χ4v) is 4.43. The summed E-state index contributed by atoms with van der Waals surface area (Å²) in [5.41, 5.74) is 0.847. The summed E-state index contributed by atoms with van der Waals surface area (Å²) in [5.74, 6) is 1.41. The zero-order chi connectivity index (χ0) is 16.4. The molecule has 6 heteroatoms. The standard InChI is InChI=1S/C17H19NO3S2/c1-20-13-8-7-11(14(10-13)21-2)9-15-16(19)18(17(22)23-15)12-5-3-4-6-12/h7-10,12H,3-6H2,1-2H3. The second-order valence-corrected chi connectivity index (χ2v) is 7.27. The van der Waals surface area contributed by atoms with Gasteiger partial charge < -0.3 is 9.47 Å². The molecule has 1 saturated carbocycles. The summed E-state index contributed by atoms with van der Waals surface area (Å²) in [4.78, 5) is 15.2. The van der Waals surface area contributed by atoms with Gasteiger partial charge in [0.25, 0.3) is 5.91 Å². The summed E-state index contributed by atoms with van der Waals surface area (Å²) in [6.07, 6.45) is 6.30. The van der Waals surface area contributed by atoms with E-state index >= 15 is 0 Å². The van der Waals surface area contributed by atoms with E-state index in [2.05, 4.69) is 0 Å². The minimum atomic E-state index is 0.0183. The van der Waals surface area contributed by atoms with E-state index in [4.69, 9.17) is 21.7 Å². The maximum atomic E-state index is 12.7. The van der Waals surface area contributed by atoms with Crippen molar-refractivity contribution in [2.24, 2.45) is 0 Å². The SMILES string of the molecule is COc1ccc(C=C2SC(=S)N(C3CCCC3)C2=O)c(OC)c1. The van der Waals surface area contributed by atoms with Gasteiger partial charge in [0.05, 0.1) is 19.1 Å². The van der Waals surface area contributed by atoms with Crippen LogP contribution >= 0.6 is 24.0 Å². The van der Waals surface area contributed by atoms with Gasteiger partial charge in [-0.1, -0.05) is 36.8 Å². The highest BCUT2D eigenvalue weighted by atomic mass is 32.2. The number of ether oxygens (including phenoxy) is 2. The summed E-state index contributed by atoms with van der Waals surface area (Å²) in [7, 11) is 3.22. The van der Waals surface area contributed by atoms with Crippen LogP contribution in [0, 0.1) is 0 Å². The van der Waals surface area contributed by atoms with Crippen molar-refractivity contribution in [3.05, 3.63) is 28.7 Å². The van der Waals surface area contributed by atoms with E-state index in [-0.39, 0.29) is 11.9 Å². The monoisotopic (exact) mass is 349 g/mol. The lowest BCUT2D eigenvalue weighted by molar-refractivity contribution is -0.123. The van der Waals surface area contributed by atoms with Gasteiger partial charge in [0.1, 0.15) is 15.8 Å². The normalized spacial score (nSPS) is 20.6. The number of hydrogen-bond donors (Lipinski definition) is 0. The number of hydrogen-bond acceptors (Lipinski definition) is 5. The molecule has 1 aromatic carbocycles. The number of amides is 1. The lowest BCUT2D eigenvalue weighted by Crippen LogP contribution is -2.36. The first-order valence-corrected chi connectivity index (χ1v) is 8.85. The Balaban J connectivity index is 1.88. The molecule has 122 valence electrons. The van der Waals surface area contributed by atoms with Gasteiger partial charge in [-0.2, -0.15) is 0 Å². The van der Waals surface area contributed by atoms with Gasteiger partial charge in [0.2, 0.25) is 0 Å². The van der Waals surface area contributed by atoms with Crippen LogP contribution in [0.1, 0.15) is 31.2 Å². The maximum absolute atomic E-state index is 12.7. The van der Waals surface area contributed by atoms with Crippen LogP contribution in [0.2, 0.25) is 0 Å². The van der Waals surface area contributed by atoms with Gasteiger partial charge in [-0.05, 0) is 31.1 Å². The van der Waals surface area contributed by atoms with Crippen molar-refractivity contribution in [1.82, 2.24) is 4.90 Å². The molecule has 0 unspecified atom stereocenters. The van der Waals surface area contributed by atoms with Gasteiger partial charge in [-0.25, -0.2) is 0 Å². The Morgan fingerprint density at radius 1 is 1.26 bits per heavy atom. The zero-order valence-electron chi connectivity index (χ0n) is 13.2. The lowest BCUT2D eigenvalue weighted by Gasteiger charge is -2.21. The summed E-state index contributed by atoms with van der Waals surface area (Å²) in [6.45, 7) is 0. The van der Waals surface area contributed by atoms with Gasteiger partial charge in [0, 0.05) is 17.7 Å². The van der Waals surface area contributed by atoms with Crippen LogP contribution in [0.3, 0.4) is 0 Å². The zero-order valence-corrected chi connectivity index (χ0v) is 14.8. The molecule has 23 heavy (non-hydrogen) atoms. The smallest absolute Gasteiger partial charge is 0.266 e. The highest BCUT2D eigenvalue weighted by molar-refractivity contribution is 8.26. The quantitative estimate of drug-likeness (QED) is 0.610. The maximum Gasteiger partial charge on any atom is 0.266 e. The minimum Gasteiger partial charge on any atom is -0.497 e. The highest BCUT2D eigenvalue weighted by Gasteiger charge is 2.38. The number of thiocarbonyl (C=S) groups is 1. The topological polar surface area (TPSA) is 38.8 Å². The third kappa shape index (κ3) is 3.23. The lowest BCUT2D eigenvalue weighted by atomic mass is 10.1. The Bertz CT molecular complexity index is 666. The van der Waals surface area contributed by atoms with Gasteiger partial charge >= 0.3 is 0 Å². The molecule has 0 radical (unpaired) electrons. The first-order valence-electron chi connectivity index (χ1n) is 7.63. The summed E-state index contributed by atoms with van der Waals surface area (Å²) < 4.78 is 11.3. The molecular weight excluding hydrogens is 330 g/mol.